The van der Waals surface area contributed by atoms with Crippen LogP contribution in [0.4, 0.5) is 5.69 Å². The van der Waals surface area contributed by atoms with E-state index in [1.165, 1.54) is 11.8 Å². The van der Waals surface area contributed by atoms with Gasteiger partial charge in [0.05, 0.1) is 25.1 Å². The van der Waals surface area contributed by atoms with Crippen molar-refractivity contribution in [3.63, 3.8) is 0 Å². The van der Waals surface area contributed by atoms with Crippen LogP contribution in [0.3, 0.4) is 0 Å². The van der Waals surface area contributed by atoms with Crippen molar-refractivity contribution in [2.24, 2.45) is 7.05 Å². The molecule has 28 heavy (non-hydrogen) atoms. The predicted octanol–water partition coefficient (Wildman–Crippen LogP) is 2.53. The van der Waals surface area contributed by atoms with Crippen LogP contribution in [0, 0.1) is 0 Å². The van der Waals surface area contributed by atoms with Crippen molar-refractivity contribution in [3.8, 4) is 23.3 Å². The van der Waals surface area contributed by atoms with E-state index in [-0.39, 0.29) is 18.4 Å². The Bertz CT molecular complexity index is 1040. The number of methoxy groups -OCH3 is 2. The molecule has 0 saturated heterocycles. The molecule has 0 bridgehead atoms. The molecule has 0 fully saturated rings. The molecule has 0 radical (unpaired) electrons. The van der Waals surface area contributed by atoms with Gasteiger partial charge in [0.25, 0.3) is 0 Å². The van der Waals surface area contributed by atoms with Gasteiger partial charge < -0.3 is 15.2 Å². The average molecular weight is 402 g/mol. The summed E-state index contributed by atoms with van der Waals surface area (Å²) in [6.45, 7) is 0. The first-order chi connectivity index (χ1) is 13.1. The van der Waals surface area contributed by atoms with Crippen LogP contribution >= 0.6 is 12.4 Å². The Morgan fingerprint density at radius 2 is 1.68 bits per heavy atom. The van der Waals surface area contributed by atoms with Gasteiger partial charge in [-0.3, -0.25) is 0 Å². The first-order valence-electron chi connectivity index (χ1n) is 8.06. The number of aromatic nitrogens is 6. The van der Waals surface area contributed by atoms with Crippen LogP contribution in [-0.2, 0) is 7.05 Å². The second kappa shape index (κ2) is 9.47. The van der Waals surface area contributed by atoms with E-state index in [0.717, 1.165) is 11.1 Å². The Balaban J connectivity index is 0.000000298. The highest BCUT2D eigenvalue weighted by molar-refractivity contribution is 5.95. The lowest BCUT2D eigenvalue weighted by Gasteiger charge is -2.09. The minimum Gasteiger partial charge on any atom is -0.496 e. The number of para-hydroxylation sites is 1. The molecule has 146 valence electrons. The molecule has 2 heterocycles. The number of hydrogen-bond acceptors (Lipinski definition) is 8. The van der Waals surface area contributed by atoms with Gasteiger partial charge in [0.1, 0.15) is 11.4 Å². The summed E-state index contributed by atoms with van der Waals surface area (Å²) in [6, 6.07) is 15.3. The molecule has 0 spiro atoms. The Morgan fingerprint density at radius 1 is 0.929 bits per heavy atom. The molecular formula is C18H20ClN7O2. The summed E-state index contributed by atoms with van der Waals surface area (Å²) >= 11 is 0. The van der Waals surface area contributed by atoms with Gasteiger partial charge in [-0.15, -0.1) is 17.5 Å². The van der Waals surface area contributed by atoms with Crippen LogP contribution in [0.5, 0.6) is 11.8 Å². The summed E-state index contributed by atoms with van der Waals surface area (Å²) in [5.74, 6) is 1.17. The summed E-state index contributed by atoms with van der Waals surface area (Å²) in [6.07, 6.45) is 0. The lowest BCUT2D eigenvalue weighted by Crippen LogP contribution is -2.02. The van der Waals surface area contributed by atoms with Gasteiger partial charge in [0.15, 0.2) is 0 Å². The molecule has 0 saturated carbocycles. The van der Waals surface area contributed by atoms with E-state index < -0.39 is 0 Å². The molecule has 2 aromatic carbocycles. The number of ether oxygens (including phenoxy) is 2. The highest BCUT2D eigenvalue weighted by atomic mass is 35.5. The van der Waals surface area contributed by atoms with Gasteiger partial charge in [-0.25, -0.2) is 4.68 Å². The number of nitrogens with zero attached hydrogens (tertiary/aromatic N) is 6. The molecule has 0 aliphatic heterocycles. The molecule has 0 atom stereocenters. The van der Waals surface area contributed by atoms with Crippen molar-refractivity contribution in [1.82, 2.24) is 30.2 Å². The molecule has 9 nitrogen and oxygen atoms in total. The minimum atomic E-state index is 0. The van der Waals surface area contributed by atoms with Gasteiger partial charge >= 0.3 is 6.01 Å². The second-order valence-corrected chi connectivity index (χ2v) is 5.45. The fourth-order valence-electron chi connectivity index (χ4n) is 2.44. The maximum Gasteiger partial charge on any atom is 0.317 e. The Morgan fingerprint density at radius 3 is 2.21 bits per heavy atom. The fraction of sp³-hybridized carbons (Fsp3) is 0.167. The molecule has 0 aliphatic carbocycles. The smallest absolute Gasteiger partial charge is 0.317 e. The maximum atomic E-state index is 5.38. The lowest BCUT2D eigenvalue weighted by atomic mass is 10.1. The molecule has 2 N–H and O–H groups in total. The predicted molar refractivity (Wildman–Crippen MR) is 109 cm³/mol. The number of aryl methyl sites for hydroxylation is 1. The third kappa shape index (κ3) is 4.44. The van der Waals surface area contributed by atoms with Crippen LogP contribution in [-0.4, -0.2) is 44.4 Å². The molecule has 0 aliphatic rings. The lowest BCUT2D eigenvalue weighted by molar-refractivity contribution is 0.381. The molecule has 4 rings (SSSR count). The SMILES string of the molecule is COc1nc(-c2nnnn2C)c2c(OC)cccc2n1.Cl.Nc1ccccc1. The first-order valence-corrected chi connectivity index (χ1v) is 8.06. The van der Waals surface area contributed by atoms with Gasteiger partial charge in [0.2, 0.25) is 5.82 Å². The third-order valence-corrected chi connectivity index (χ3v) is 3.70. The number of rotatable bonds is 3. The average Bonchev–Trinajstić information content (AvgIpc) is 3.13. The summed E-state index contributed by atoms with van der Waals surface area (Å²) in [7, 11) is 4.85. The number of tetrazole rings is 1. The van der Waals surface area contributed by atoms with Gasteiger partial charge in [0, 0.05) is 12.7 Å². The minimum absolute atomic E-state index is 0. The van der Waals surface area contributed by atoms with E-state index in [1.54, 1.807) is 14.2 Å². The van der Waals surface area contributed by atoms with Crippen molar-refractivity contribution in [2.45, 2.75) is 0 Å². The van der Waals surface area contributed by atoms with Gasteiger partial charge in [-0.05, 0) is 34.7 Å². The van der Waals surface area contributed by atoms with Crippen molar-refractivity contribution in [3.05, 3.63) is 48.5 Å². The summed E-state index contributed by atoms with van der Waals surface area (Å²) in [5, 5.41) is 12.2. The van der Waals surface area contributed by atoms with Crippen LogP contribution in [0.15, 0.2) is 48.5 Å². The number of halogens is 1. The zero-order valence-electron chi connectivity index (χ0n) is 15.6. The van der Waals surface area contributed by atoms with Crippen molar-refractivity contribution >= 4 is 29.0 Å². The number of nitrogens with two attached hydrogens (primary N) is 1. The quantitative estimate of drug-likeness (QED) is 0.521. The number of benzene rings is 2. The number of hydrogen-bond donors (Lipinski definition) is 1. The Hall–Kier alpha value is -3.46. The number of fused-ring (bicyclic) bond motifs is 1. The van der Waals surface area contributed by atoms with Gasteiger partial charge in [-0.1, -0.05) is 24.3 Å². The third-order valence-electron chi connectivity index (χ3n) is 3.70. The molecule has 2 aromatic heterocycles. The molecule has 0 unspecified atom stereocenters. The summed E-state index contributed by atoms with van der Waals surface area (Å²) in [4.78, 5) is 8.67. The fourth-order valence-corrected chi connectivity index (χ4v) is 2.44. The molecule has 4 aromatic rings. The van der Waals surface area contributed by atoms with E-state index >= 15 is 0 Å². The van der Waals surface area contributed by atoms with Crippen molar-refractivity contribution < 1.29 is 9.47 Å². The van der Waals surface area contributed by atoms with E-state index in [0.29, 0.717) is 22.8 Å². The highest BCUT2D eigenvalue weighted by Crippen LogP contribution is 2.32. The number of nitrogen functional groups attached to an aromatic ring is 1. The molecule has 10 heteroatoms. The standard InChI is InChI=1S/C12H12N6O2.C6H7N.ClH/c1-18-11(15-16-17-18)10-9-7(13-12(14-10)20-3)5-4-6-8(9)19-2;7-6-4-2-1-3-5-6;/h4-6H,1-3H3;1-5H,7H2;1H. The van der Waals surface area contributed by atoms with Crippen LogP contribution in [0.25, 0.3) is 22.4 Å². The number of anilines is 1. The largest absolute Gasteiger partial charge is 0.496 e. The Labute approximate surface area is 167 Å². The van der Waals surface area contributed by atoms with E-state index in [4.69, 9.17) is 15.2 Å². The highest BCUT2D eigenvalue weighted by Gasteiger charge is 2.18. The normalized spacial score (nSPS) is 9.82. The topological polar surface area (TPSA) is 114 Å². The summed E-state index contributed by atoms with van der Waals surface area (Å²) in [5.41, 5.74) is 7.45. The van der Waals surface area contributed by atoms with Crippen molar-refractivity contribution in [1.29, 1.82) is 0 Å². The maximum absolute atomic E-state index is 5.38. The molecule has 0 amide bonds. The van der Waals surface area contributed by atoms with E-state index in [2.05, 4.69) is 25.5 Å². The second-order valence-electron chi connectivity index (χ2n) is 5.45. The zero-order valence-corrected chi connectivity index (χ0v) is 16.4. The first kappa shape index (κ1) is 20.8. The van der Waals surface area contributed by atoms with Crippen molar-refractivity contribution in [2.75, 3.05) is 20.0 Å². The van der Waals surface area contributed by atoms with Crippen LogP contribution in [0.1, 0.15) is 0 Å². The molecular weight excluding hydrogens is 382 g/mol. The zero-order chi connectivity index (χ0) is 19.2. The van der Waals surface area contributed by atoms with Crippen LogP contribution < -0.4 is 15.2 Å². The van der Waals surface area contributed by atoms with E-state index in [1.807, 2.05) is 48.5 Å². The van der Waals surface area contributed by atoms with Crippen LogP contribution in [0.2, 0.25) is 0 Å². The monoisotopic (exact) mass is 401 g/mol. The van der Waals surface area contributed by atoms with Gasteiger partial charge in [-0.2, -0.15) is 9.97 Å². The Kier molecular flexibility index (Phi) is 7.05. The van der Waals surface area contributed by atoms with E-state index in [9.17, 15) is 0 Å². The summed E-state index contributed by atoms with van der Waals surface area (Å²) < 4.78 is 12.0.